The number of rotatable bonds is 4. The van der Waals surface area contributed by atoms with E-state index in [1.54, 1.807) is 24.3 Å². The first-order valence-electron chi connectivity index (χ1n) is 8.88. The average Bonchev–Trinajstić information content (AvgIpc) is 2.94. The number of nitrogens with one attached hydrogen (secondary N) is 1. The molecule has 1 aromatic heterocycles. The number of fused-ring (bicyclic) bond motifs is 1. The summed E-state index contributed by atoms with van der Waals surface area (Å²) in [6.45, 7) is 4.76. The lowest BCUT2D eigenvalue weighted by atomic mass is 9.87. The SMILES string of the molecule is CC1(C)CN(c2cc(Nc3ccc(Cl)cc3)ncn2)c2cc(S(=O)(=O)O)ccc21. The van der Waals surface area contributed by atoms with Gasteiger partial charge in [-0.3, -0.25) is 4.55 Å². The van der Waals surface area contributed by atoms with Crippen molar-refractivity contribution in [3.05, 3.63) is 65.4 Å². The van der Waals surface area contributed by atoms with Crippen LogP contribution in [0, 0.1) is 0 Å². The first-order valence-corrected chi connectivity index (χ1v) is 10.7. The van der Waals surface area contributed by atoms with E-state index in [-0.39, 0.29) is 10.3 Å². The molecule has 4 rings (SSSR count). The Balaban J connectivity index is 1.72. The smallest absolute Gasteiger partial charge is 0.294 e. The maximum absolute atomic E-state index is 11.6. The number of aromatic nitrogens is 2. The van der Waals surface area contributed by atoms with Gasteiger partial charge in [0.25, 0.3) is 10.1 Å². The molecule has 0 unspecified atom stereocenters. The molecule has 0 radical (unpaired) electrons. The van der Waals surface area contributed by atoms with Gasteiger partial charge in [0.2, 0.25) is 0 Å². The van der Waals surface area contributed by atoms with Gasteiger partial charge in [-0.1, -0.05) is 31.5 Å². The third kappa shape index (κ3) is 3.91. The van der Waals surface area contributed by atoms with E-state index in [1.165, 1.54) is 18.5 Å². The Labute approximate surface area is 174 Å². The van der Waals surface area contributed by atoms with E-state index in [9.17, 15) is 13.0 Å². The van der Waals surface area contributed by atoms with Crippen LogP contribution in [0.1, 0.15) is 19.4 Å². The summed E-state index contributed by atoms with van der Waals surface area (Å²) in [6.07, 6.45) is 1.45. The standard InChI is InChI=1S/C20H19ClN4O3S/c1-20(2)11-25(17-9-15(29(26,27)28)7-8-16(17)20)19-10-18(22-12-23-19)24-14-5-3-13(21)4-6-14/h3-10,12H,11H2,1-2H3,(H,22,23,24)(H,26,27,28). The van der Waals surface area contributed by atoms with Crippen molar-refractivity contribution in [3.63, 3.8) is 0 Å². The Bertz CT molecular complexity index is 1180. The number of nitrogens with zero attached hydrogens (tertiary/aromatic N) is 3. The van der Waals surface area contributed by atoms with Crippen LogP contribution in [0.15, 0.2) is 59.8 Å². The number of benzene rings is 2. The Morgan fingerprint density at radius 3 is 2.52 bits per heavy atom. The number of hydrogen-bond acceptors (Lipinski definition) is 6. The monoisotopic (exact) mass is 430 g/mol. The summed E-state index contributed by atoms with van der Waals surface area (Å²) in [7, 11) is -4.30. The molecule has 0 saturated heterocycles. The van der Waals surface area contributed by atoms with Crippen LogP contribution in [0.25, 0.3) is 0 Å². The maximum Gasteiger partial charge on any atom is 0.294 e. The fourth-order valence-corrected chi connectivity index (χ4v) is 4.11. The zero-order valence-electron chi connectivity index (χ0n) is 15.8. The van der Waals surface area contributed by atoms with Gasteiger partial charge in [-0.05, 0) is 42.0 Å². The van der Waals surface area contributed by atoms with Crippen LogP contribution in [-0.4, -0.2) is 29.5 Å². The van der Waals surface area contributed by atoms with Crippen LogP contribution in [0.3, 0.4) is 0 Å². The van der Waals surface area contributed by atoms with Crippen molar-refractivity contribution in [2.24, 2.45) is 0 Å². The van der Waals surface area contributed by atoms with Crippen LogP contribution in [-0.2, 0) is 15.5 Å². The van der Waals surface area contributed by atoms with Crippen molar-refractivity contribution in [3.8, 4) is 0 Å². The molecule has 3 aromatic rings. The van der Waals surface area contributed by atoms with Gasteiger partial charge in [0.05, 0.1) is 4.90 Å². The van der Waals surface area contributed by atoms with Crippen molar-refractivity contribution in [2.75, 3.05) is 16.8 Å². The Hall–Kier alpha value is -2.68. The lowest BCUT2D eigenvalue weighted by molar-refractivity contribution is 0.483. The van der Waals surface area contributed by atoms with Crippen molar-refractivity contribution in [2.45, 2.75) is 24.2 Å². The zero-order chi connectivity index (χ0) is 20.8. The molecule has 2 N–H and O–H groups in total. The first-order chi connectivity index (χ1) is 13.6. The van der Waals surface area contributed by atoms with Gasteiger partial charge in [-0.25, -0.2) is 9.97 Å². The van der Waals surface area contributed by atoms with Crippen molar-refractivity contribution in [1.82, 2.24) is 9.97 Å². The fraction of sp³-hybridized carbons (Fsp3) is 0.200. The Morgan fingerprint density at radius 2 is 1.83 bits per heavy atom. The zero-order valence-corrected chi connectivity index (χ0v) is 17.4. The second-order valence-corrected chi connectivity index (χ2v) is 9.38. The summed E-state index contributed by atoms with van der Waals surface area (Å²) in [4.78, 5) is 10.4. The summed E-state index contributed by atoms with van der Waals surface area (Å²) >= 11 is 5.92. The minimum atomic E-state index is -4.30. The third-order valence-electron chi connectivity index (χ3n) is 4.89. The average molecular weight is 431 g/mol. The number of anilines is 4. The molecule has 0 saturated carbocycles. The predicted octanol–water partition coefficient (Wildman–Crippen LogP) is 4.55. The topological polar surface area (TPSA) is 95.4 Å². The van der Waals surface area contributed by atoms with Gasteiger partial charge in [0.1, 0.15) is 18.0 Å². The fourth-order valence-electron chi connectivity index (χ4n) is 3.48. The van der Waals surface area contributed by atoms with Crippen LogP contribution in [0.2, 0.25) is 5.02 Å². The van der Waals surface area contributed by atoms with Gasteiger partial charge in [0.15, 0.2) is 0 Å². The predicted molar refractivity (Wildman–Crippen MR) is 113 cm³/mol. The molecular weight excluding hydrogens is 412 g/mol. The van der Waals surface area contributed by atoms with E-state index in [2.05, 4.69) is 29.1 Å². The summed E-state index contributed by atoms with van der Waals surface area (Å²) < 4.78 is 32.7. The molecule has 9 heteroatoms. The molecule has 1 aliphatic heterocycles. The molecule has 0 amide bonds. The highest BCUT2D eigenvalue weighted by atomic mass is 35.5. The van der Waals surface area contributed by atoms with Crippen LogP contribution in [0.5, 0.6) is 0 Å². The van der Waals surface area contributed by atoms with E-state index < -0.39 is 10.1 Å². The molecule has 0 fully saturated rings. The second kappa shape index (κ2) is 6.98. The van der Waals surface area contributed by atoms with E-state index >= 15 is 0 Å². The molecule has 0 aliphatic carbocycles. The lowest BCUT2D eigenvalue weighted by Gasteiger charge is -2.22. The molecule has 7 nitrogen and oxygen atoms in total. The van der Waals surface area contributed by atoms with Crippen LogP contribution in [0.4, 0.5) is 23.0 Å². The lowest BCUT2D eigenvalue weighted by Crippen LogP contribution is -2.25. The highest BCUT2D eigenvalue weighted by Gasteiger charge is 2.37. The maximum atomic E-state index is 11.6. The Kier molecular flexibility index (Phi) is 4.72. The largest absolute Gasteiger partial charge is 0.340 e. The summed E-state index contributed by atoms with van der Waals surface area (Å²) in [5.74, 6) is 1.21. The van der Waals surface area contributed by atoms with E-state index in [4.69, 9.17) is 11.6 Å². The quantitative estimate of drug-likeness (QED) is 0.586. The summed E-state index contributed by atoms with van der Waals surface area (Å²) in [6, 6.07) is 13.7. The first kappa shape index (κ1) is 19.6. The molecule has 1 aliphatic rings. The van der Waals surface area contributed by atoms with Gasteiger partial charge in [0, 0.05) is 34.4 Å². The van der Waals surface area contributed by atoms with Gasteiger partial charge in [-0.15, -0.1) is 0 Å². The molecule has 0 atom stereocenters. The highest BCUT2D eigenvalue weighted by Crippen LogP contribution is 2.44. The van der Waals surface area contributed by atoms with Gasteiger partial charge >= 0.3 is 0 Å². The van der Waals surface area contributed by atoms with Crippen molar-refractivity contribution >= 4 is 44.7 Å². The normalized spacial score (nSPS) is 15.2. The van der Waals surface area contributed by atoms with E-state index in [0.717, 1.165) is 11.3 Å². The molecule has 2 heterocycles. The van der Waals surface area contributed by atoms with Crippen LogP contribution < -0.4 is 10.2 Å². The Morgan fingerprint density at radius 1 is 1.10 bits per heavy atom. The molecule has 2 aromatic carbocycles. The molecular formula is C20H19ClN4O3S. The third-order valence-corrected chi connectivity index (χ3v) is 5.99. The van der Waals surface area contributed by atoms with Crippen molar-refractivity contribution < 1.29 is 13.0 Å². The van der Waals surface area contributed by atoms with Gasteiger partial charge < -0.3 is 10.2 Å². The minimum absolute atomic E-state index is 0.146. The molecule has 29 heavy (non-hydrogen) atoms. The molecule has 0 spiro atoms. The van der Waals surface area contributed by atoms with E-state index in [1.807, 2.05) is 17.0 Å². The van der Waals surface area contributed by atoms with Gasteiger partial charge in [-0.2, -0.15) is 8.42 Å². The van der Waals surface area contributed by atoms with E-state index in [0.29, 0.717) is 28.9 Å². The number of halogens is 1. The molecule has 0 bridgehead atoms. The minimum Gasteiger partial charge on any atom is -0.340 e. The summed E-state index contributed by atoms with van der Waals surface area (Å²) in [5, 5.41) is 3.85. The van der Waals surface area contributed by atoms with Crippen LogP contribution >= 0.6 is 11.6 Å². The molecule has 150 valence electrons. The number of hydrogen-bond donors (Lipinski definition) is 2. The second-order valence-electron chi connectivity index (χ2n) is 7.52. The highest BCUT2D eigenvalue weighted by molar-refractivity contribution is 7.85. The summed E-state index contributed by atoms with van der Waals surface area (Å²) in [5.41, 5.74) is 2.29. The van der Waals surface area contributed by atoms with Crippen molar-refractivity contribution in [1.29, 1.82) is 0 Å².